The van der Waals surface area contributed by atoms with Gasteiger partial charge in [-0.05, 0) is 50.5 Å². The molecule has 1 fully saturated rings. The summed E-state index contributed by atoms with van der Waals surface area (Å²) in [5.74, 6) is 0.989. The predicted octanol–water partition coefficient (Wildman–Crippen LogP) is 2.76. The van der Waals surface area contributed by atoms with Crippen LogP contribution < -0.4 is 5.32 Å². The van der Waals surface area contributed by atoms with Gasteiger partial charge in [0.25, 0.3) is 11.8 Å². The molecule has 0 saturated carbocycles. The van der Waals surface area contributed by atoms with Crippen LogP contribution in [0.1, 0.15) is 58.0 Å². The Bertz CT molecular complexity index is 971. The number of amides is 1. The summed E-state index contributed by atoms with van der Waals surface area (Å²) in [7, 11) is 0. The second-order valence-electron chi connectivity index (χ2n) is 7.34. The van der Waals surface area contributed by atoms with Gasteiger partial charge < -0.3 is 14.6 Å². The molecule has 1 aliphatic heterocycles. The summed E-state index contributed by atoms with van der Waals surface area (Å²) in [5.41, 5.74) is 3.84. The molecule has 3 heterocycles. The first-order valence-electron chi connectivity index (χ1n) is 9.91. The molecule has 8 nitrogen and oxygen atoms in total. The van der Waals surface area contributed by atoms with E-state index in [1.54, 1.807) is 0 Å². The fourth-order valence-electron chi connectivity index (χ4n) is 3.43. The van der Waals surface area contributed by atoms with Gasteiger partial charge in [0.15, 0.2) is 5.82 Å². The average Bonchev–Trinajstić information content (AvgIpc) is 3.44. The third-order valence-electron chi connectivity index (χ3n) is 4.97. The SMILES string of the molecule is Cc1cc(C)n(Cc2ccc(C(=O)NCCc3noc([C@@H]4CCCO4)n3)cc2)n1. The van der Waals surface area contributed by atoms with Crippen LogP contribution in [0.15, 0.2) is 34.9 Å². The second kappa shape index (κ2) is 8.57. The van der Waals surface area contributed by atoms with Crippen LogP contribution >= 0.6 is 0 Å². The molecule has 1 saturated heterocycles. The number of aryl methyl sites for hydroxylation is 2. The highest BCUT2D eigenvalue weighted by Gasteiger charge is 2.23. The zero-order chi connectivity index (χ0) is 20.2. The van der Waals surface area contributed by atoms with Crippen molar-refractivity contribution in [3.05, 3.63) is 64.6 Å². The molecule has 0 unspecified atom stereocenters. The smallest absolute Gasteiger partial charge is 0.255 e. The van der Waals surface area contributed by atoms with Gasteiger partial charge in [-0.3, -0.25) is 9.48 Å². The monoisotopic (exact) mass is 395 g/mol. The fourth-order valence-corrected chi connectivity index (χ4v) is 3.43. The van der Waals surface area contributed by atoms with E-state index in [9.17, 15) is 4.79 Å². The van der Waals surface area contributed by atoms with E-state index < -0.39 is 0 Å². The van der Waals surface area contributed by atoms with Crippen molar-refractivity contribution in [1.29, 1.82) is 0 Å². The van der Waals surface area contributed by atoms with E-state index in [1.165, 1.54) is 0 Å². The molecule has 1 amide bonds. The molecule has 8 heteroatoms. The Hall–Kier alpha value is -3.00. The van der Waals surface area contributed by atoms with Crippen molar-refractivity contribution < 1.29 is 14.1 Å². The van der Waals surface area contributed by atoms with E-state index >= 15 is 0 Å². The first-order valence-corrected chi connectivity index (χ1v) is 9.91. The molecule has 152 valence electrons. The molecule has 0 aliphatic carbocycles. The summed E-state index contributed by atoms with van der Waals surface area (Å²) >= 11 is 0. The van der Waals surface area contributed by atoms with Gasteiger partial charge >= 0.3 is 0 Å². The van der Waals surface area contributed by atoms with Crippen molar-refractivity contribution in [2.24, 2.45) is 0 Å². The minimum atomic E-state index is -0.120. The van der Waals surface area contributed by atoms with Crippen LogP contribution in [-0.2, 0) is 17.7 Å². The molecule has 0 spiro atoms. The maximum Gasteiger partial charge on any atom is 0.255 e. The number of nitrogens with zero attached hydrogens (tertiary/aromatic N) is 4. The van der Waals surface area contributed by atoms with E-state index in [0.29, 0.717) is 36.8 Å². The van der Waals surface area contributed by atoms with Crippen molar-refractivity contribution in [3.63, 3.8) is 0 Å². The number of carbonyl (C=O) groups is 1. The van der Waals surface area contributed by atoms with Crippen molar-refractivity contribution in [3.8, 4) is 0 Å². The highest BCUT2D eigenvalue weighted by atomic mass is 16.5. The minimum absolute atomic E-state index is 0.0844. The average molecular weight is 395 g/mol. The molecule has 0 radical (unpaired) electrons. The van der Waals surface area contributed by atoms with E-state index in [1.807, 2.05) is 42.8 Å². The Morgan fingerprint density at radius 1 is 1.28 bits per heavy atom. The summed E-state index contributed by atoms with van der Waals surface area (Å²) in [5, 5.41) is 11.3. The minimum Gasteiger partial charge on any atom is -0.368 e. The van der Waals surface area contributed by atoms with E-state index in [4.69, 9.17) is 9.26 Å². The molecule has 2 aromatic heterocycles. The first-order chi connectivity index (χ1) is 14.1. The molecular formula is C21H25N5O3. The van der Waals surface area contributed by atoms with Gasteiger partial charge in [0.05, 0.1) is 12.2 Å². The molecule has 4 rings (SSSR count). The molecule has 1 N–H and O–H groups in total. The Kier molecular flexibility index (Phi) is 5.71. The number of carbonyl (C=O) groups excluding carboxylic acids is 1. The lowest BCUT2D eigenvalue weighted by Crippen LogP contribution is -2.26. The fraction of sp³-hybridized carbons (Fsp3) is 0.429. The van der Waals surface area contributed by atoms with Crippen LogP contribution in [0.25, 0.3) is 0 Å². The summed E-state index contributed by atoms with van der Waals surface area (Å²) in [6, 6.07) is 9.63. The highest BCUT2D eigenvalue weighted by molar-refractivity contribution is 5.94. The first kappa shape index (κ1) is 19.3. The molecule has 0 bridgehead atoms. The van der Waals surface area contributed by atoms with E-state index in [-0.39, 0.29) is 12.0 Å². The summed E-state index contributed by atoms with van der Waals surface area (Å²) < 4.78 is 12.8. The standard InChI is InChI=1S/C21H25N5O3/c1-14-12-15(2)26(24-14)13-16-5-7-17(8-6-16)20(27)22-10-9-19-23-21(29-25-19)18-4-3-11-28-18/h5-8,12,18H,3-4,9-11,13H2,1-2H3,(H,22,27)/t18-/m0/s1. The summed E-state index contributed by atoms with van der Waals surface area (Å²) in [6.45, 7) is 5.88. The normalized spacial score (nSPS) is 16.3. The summed E-state index contributed by atoms with van der Waals surface area (Å²) in [6.07, 6.45) is 2.35. The van der Waals surface area contributed by atoms with Crippen LogP contribution in [0.4, 0.5) is 0 Å². The van der Waals surface area contributed by atoms with Crippen LogP contribution in [0.5, 0.6) is 0 Å². The summed E-state index contributed by atoms with van der Waals surface area (Å²) in [4.78, 5) is 16.7. The second-order valence-corrected chi connectivity index (χ2v) is 7.34. The Labute approximate surface area is 169 Å². The van der Waals surface area contributed by atoms with Crippen molar-refractivity contribution >= 4 is 5.91 Å². The molecule has 1 atom stereocenters. The van der Waals surface area contributed by atoms with Crippen molar-refractivity contribution in [1.82, 2.24) is 25.2 Å². The Morgan fingerprint density at radius 3 is 2.79 bits per heavy atom. The van der Waals surface area contributed by atoms with Crippen molar-refractivity contribution in [2.75, 3.05) is 13.2 Å². The van der Waals surface area contributed by atoms with Gasteiger partial charge in [0.1, 0.15) is 6.10 Å². The molecule has 1 aliphatic rings. The Balaban J connectivity index is 1.27. The third kappa shape index (κ3) is 4.71. The van der Waals surface area contributed by atoms with Crippen LogP contribution in [-0.4, -0.2) is 39.0 Å². The van der Waals surface area contributed by atoms with Crippen molar-refractivity contribution in [2.45, 2.75) is 45.8 Å². The lowest BCUT2D eigenvalue weighted by atomic mass is 10.1. The number of benzene rings is 1. The maximum absolute atomic E-state index is 12.4. The van der Waals surface area contributed by atoms with Gasteiger partial charge in [-0.15, -0.1) is 0 Å². The maximum atomic E-state index is 12.4. The molecule has 1 aromatic carbocycles. The zero-order valence-corrected chi connectivity index (χ0v) is 16.7. The molecular weight excluding hydrogens is 370 g/mol. The number of rotatable bonds is 7. The van der Waals surface area contributed by atoms with Gasteiger partial charge in [-0.25, -0.2) is 0 Å². The third-order valence-corrected chi connectivity index (χ3v) is 4.97. The van der Waals surface area contributed by atoms with Crippen LogP contribution in [0, 0.1) is 13.8 Å². The van der Waals surface area contributed by atoms with Gasteiger partial charge in [-0.1, -0.05) is 17.3 Å². The zero-order valence-electron chi connectivity index (χ0n) is 16.7. The number of ether oxygens (including phenoxy) is 1. The largest absolute Gasteiger partial charge is 0.368 e. The lowest BCUT2D eigenvalue weighted by Gasteiger charge is -2.07. The lowest BCUT2D eigenvalue weighted by molar-refractivity contribution is 0.0835. The molecule has 3 aromatic rings. The number of hydrogen-bond donors (Lipinski definition) is 1. The van der Waals surface area contributed by atoms with Gasteiger partial charge in [0, 0.05) is 30.8 Å². The quantitative estimate of drug-likeness (QED) is 0.661. The number of hydrogen-bond acceptors (Lipinski definition) is 6. The number of aromatic nitrogens is 4. The topological polar surface area (TPSA) is 95.1 Å². The van der Waals surface area contributed by atoms with Gasteiger partial charge in [0.2, 0.25) is 0 Å². The van der Waals surface area contributed by atoms with Crippen LogP contribution in [0.2, 0.25) is 0 Å². The molecule has 29 heavy (non-hydrogen) atoms. The van der Waals surface area contributed by atoms with E-state index in [0.717, 1.165) is 36.4 Å². The van der Waals surface area contributed by atoms with Gasteiger partial charge in [-0.2, -0.15) is 10.1 Å². The Morgan fingerprint density at radius 2 is 2.10 bits per heavy atom. The van der Waals surface area contributed by atoms with Crippen LogP contribution in [0.3, 0.4) is 0 Å². The predicted molar refractivity (Wildman–Crippen MR) is 106 cm³/mol. The van der Waals surface area contributed by atoms with E-state index in [2.05, 4.69) is 26.6 Å². The number of nitrogens with one attached hydrogen (secondary N) is 1. The highest BCUT2D eigenvalue weighted by Crippen LogP contribution is 2.26.